The normalized spacial score (nSPS) is 15.0. The maximum atomic E-state index is 13.7. The lowest BCUT2D eigenvalue weighted by Gasteiger charge is -2.34. The second kappa shape index (κ2) is 12.9. The number of ether oxygens (including phenoxy) is 1. The van der Waals surface area contributed by atoms with Crippen molar-refractivity contribution in [1.29, 1.82) is 0 Å². The Morgan fingerprint density at radius 2 is 1.68 bits per heavy atom. The number of halogens is 1. The molecule has 10 heteroatoms. The number of carbonyl (C=O) groups is 2. The van der Waals surface area contributed by atoms with Crippen LogP contribution in [-0.2, 0) is 26.2 Å². The van der Waals surface area contributed by atoms with E-state index in [2.05, 4.69) is 5.32 Å². The minimum absolute atomic E-state index is 0.0376. The number of carbonyl (C=O) groups excluding carboxylic acids is 2. The maximum absolute atomic E-state index is 13.7. The molecule has 0 radical (unpaired) electrons. The summed E-state index contributed by atoms with van der Waals surface area (Å²) in [5.74, 6) is -0.658. The summed E-state index contributed by atoms with van der Waals surface area (Å²) in [6.07, 6.45) is 6.40. The molecule has 8 nitrogen and oxygen atoms in total. The van der Waals surface area contributed by atoms with Gasteiger partial charge in [-0.3, -0.25) is 13.9 Å². The molecule has 2 aromatic carbocycles. The fourth-order valence-corrected chi connectivity index (χ4v) is 5.46. The zero-order valence-corrected chi connectivity index (χ0v) is 22.5. The molecule has 1 aliphatic rings. The molecule has 0 heterocycles. The number of hydrogen-bond acceptors (Lipinski definition) is 5. The van der Waals surface area contributed by atoms with E-state index in [-0.39, 0.29) is 18.5 Å². The Labute approximate surface area is 218 Å². The first-order chi connectivity index (χ1) is 17.6. The van der Waals surface area contributed by atoms with E-state index >= 15 is 0 Å². The molecule has 0 spiro atoms. The van der Waals surface area contributed by atoms with E-state index in [1.807, 2.05) is 6.92 Å². The summed E-state index contributed by atoms with van der Waals surface area (Å²) >= 11 is 0. The number of nitrogens with one attached hydrogen (secondary N) is 1. The molecule has 1 fully saturated rings. The number of rotatable bonds is 11. The van der Waals surface area contributed by atoms with Crippen molar-refractivity contribution in [2.75, 3.05) is 24.2 Å². The Kier molecular flexibility index (Phi) is 9.91. The molecule has 202 valence electrons. The third-order valence-corrected chi connectivity index (χ3v) is 7.78. The van der Waals surface area contributed by atoms with Gasteiger partial charge in [0.15, 0.2) is 0 Å². The quantitative estimate of drug-likeness (QED) is 0.473. The van der Waals surface area contributed by atoms with E-state index in [4.69, 9.17) is 4.74 Å². The van der Waals surface area contributed by atoms with Gasteiger partial charge in [-0.2, -0.15) is 0 Å². The highest BCUT2D eigenvalue weighted by atomic mass is 32.2. The molecular weight excluding hydrogens is 497 g/mol. The van der Waals surface area contributed by atoms with E-state index < -0.39 is 34.3 Å². The summed E-state index contributed by atoms with van der Waals surface area (Å²) in [5.41, 5.74) is 0.937. The molecule has 1 atom stereocenters. The number of benzene rings is 2. The number of sulfonamides is 1. The predicted octanol–water partition coefficient (Wildman–Crippen LogP) is 3.86. The van der Waals surface area contributed by atoms with Crippen LogP contribution >= 0.6 is 0 Å². The van der Waals surface area contributed by atoms with E-state index in [0.29, 0.717) is 23.4 Å². The fraction of sp³-hybridized carbons (Fsp3) is 0.481. The number of anilines is 1. The second-order valence-corrected chi connectivity index (χ2v) is 11.3. The average Bonchev–Trinajstić information content (AvgIpc) is 2.88. The van der Waals surface area contributed by atoms with E-state index in [1.165, 1.54) is 24.1 Å². The van der Waals surface area contributed by atoms with Gasteiger partial charge in [-0.15, -0.1) is 0 Å². The van der Waals surface area contributed by atoms with E-state index in [9.17, 15) is 22.4 Å². The van der Waals surface area contributed by atoms with Crippen LogP contribution < -0.4 is 14.4 Å². The van der Waals surface area contributed by atoms with Crippen LogP contribution in [-0.4, -0.2) is 57.1 Å². The zero-order chi connectivity index (χ0) is 27.0. The van der Waals surface area contributed by atoms with Crippen molar-refractivity contribution in [3.05, 3.63) is 59.9 Å². The molecule has 37 heavy (non-hydrogen) atoms. The summed E-state index contributed by atoms with van der Waals surface area (Å²) in [4.78, 5) is 28.4. The van der Waals surface area contributed by atoms with Crippen molar-refractivity contribution in [2.24, 2.45) is 0 Å². The van der Waals surface area contributed by atoms with Gasteiger partial charge in [0.1, 0.15) is 24.2 Å². The third-order valence-electron chi connectivity index (χ3n) is 6.64. The molecule has 2 aromatic rings. The highest BCUT2D eigenvalue weighted by Crippen LogP contribution is 2.23. The fourth-order valence-electron chi connectivity index (χ4n) is 4.61. The zero-order valence-electron chi connectivity index (χ0n) is 21.7. The molecule has 0 aromatic heterocycles. The Morgan fingerprint density at radius 1 is 1.05 bits per heavy atom. The van der Waals surface area contributed by atoms with Crippen LogP contribution in [0.5, 0.6) is 5.75 Å². The number of hydrogen-bond donors (Lipinski definition) is 1. The van der Waals surface area contributed by atoms with Gasteiger partial charge in [0.2, 0.25) is 21.8 Å². The number of nitrogens with zero attached hydrogens (tertiary/aromatic N) is 2. The SMILES string of the molecule is CC[C@@H](C(=O)NC1CCCCC1)N(Cc1ccc(F)cc1)C(=O)CN(c1ccc(OC)cc1)S(C)(=O)=O. The van der Waals surface area contributed by atoms with Crippen LogP contribution in [0.1, 0.15) is 51.0 Å². The number of amides is 2. The third kappa shape index (κ3) is 7.92. The summed E-state index contributed by atoms with van der Waals surface area (Å²) in [7, 11) is -2.32. The molecule has 0 saturated heterocycles. The first-order valence-corrected chi connectivity index (χ1v) is 14.4. The molecule has 0 aliphatic heterocycles. The van der Waals surface area contributed by atoms with Gasteiger partial charge < -0.3 is 15.0 Å². The monoisotopic (exact) mass is 533 g/mol. The van der Waals surface area contributed by atoms with Crippen LogP contribution in [0.15, 0.2) is 48.5 Å². The van der Waals surface area contributed by atoms with Gasteiger partial charge in [0.05, 0.1) is 19.1 Å². The van der Waals surface area contributed by atoms with Gasteiger partial charge in [0, 0.05) is 12.6 Å². The average molecular weight is 534 g/mol. The predicted molar refractivity (Wildman–Crippen MR) is 141 cm³/mol. The minimum Gasteiger partial charge on any atom is -0.497 e. The maximum Gasteiger partial charge on any atom is 0.244 e. The van der Waals surface area contributed by atoms with Crippen LogP contribution in [0.4, 0.5) is 10.1 Å². The summed E-state index contributed by atoms with van der Waals surface area (Å²) in [6, 6.07) is 11.3. The van der Waals surface area contributed by atoms with Gasteiger partial charge >= 0.3 is 0 Å². The first kappa shape index (κ1) is 28.4. The molecule has 3 rings (SSSR count). The van der Waals surface area contributed by atoms with E-state index in [0.717, 1.165) is 42.7 Å². The summed E-state index contributed by atoms with van der Waals surface area (Å²) in [6.45, 7) is 1.36. The van der Waals surface area contributed by atoms with Crippen LogP contribution in [0.3, 0.4) is 0 Å². The Balaban J connectivity index is 1.89. The number of methoxy groups -OCH3 is 1. The molecule has 0 bridgehead atoms. The van der Waals surface area contributed by atoms with Crippen molar-refractivity contribution in [2.45, 2.75) is 64.1 Å². The van der Waals surface area contributed by atoms with Crippen molar-refractivity contribution >= 4 is 27.5 Å². The molecule has 0 unspecified atom stereocenters. The Bertz CT molecular complexity index is 1150. The second-order valence-electron chi connectivity index (χ2n) is 9.38. The smallest absolute Gasteiger partial charge is 0.244 e. The van der Waals surface area contributed by atoms with Crippen LogP contribution in [0.2, 0.25) is 0 Å². The van der Waals surface area contributed by atoms with Gasteiger partial charge in [-0.05, 0) is 61.2 Å². The summed E-state index contributed by atoms with van der Waals surface area (Å²) < 4.78 is 45.0. The van der Waals surface area contributed by atoms with Crippen LogP contribution in [0.25, 0.3) is 0 Å². The first-order valence-electron chi connectivity index (χ1n) is 12.6. The highest BCUT2D eigenvalue weighted by molar-refractivity contribution is 7.92. The lowest BCUT2D eigenvalue weighted by molar-refractivity contribution is -0.140. The highest BCUT2D eigenvalue weighted by Gasteiger charge is 2.32. The van der Waals surface area contributed by atoms with Crippen molar-refractivity contribution in [1.82, 2.24) is 10.2 Å². The molecular formula is C27H36FN3O5S. The summed E-state index contributed by atoms with van der Waals surface area (Å²) in [5, 5.41) is 3.09. The lowest BCUT2D eigenvalue weighted by atomic mass is 9.95. The van der Waals surface area contributed by atoms with E-state index in [1.54, 1.807) is 36.4 Å². The van der Waals surface area contributed by atoms with Crippen molar-refractivity contribution < 1.29 is 27.1 Å². The molecule has 1 saturated carbocycles. The molecule has 2 amide bonds. The lowest BCUT2D eigenvalue weighted by Crippen LogP contribution is -2.53. The Morgan fingerprint density at radius 3 is 2.22 bits per heavy atom. The van der Waals surface area contributed by atoms with Gasteiger partial charge in [0.25, 0.3) is 0 Å². The largest absolute Gasteiger partial charge is 0.497 e. The minimum atomic E-state index is -3.83. The Hall–Kier alpha value is -3.14. The van der Waals surface area contributed by atoms with Gasteiger partial charge in [-0.1, -0.05) is 38.3 Å². The van der Waals surface area contributed by atoms with Crippen LogP contribution in [0, 0.1) is 5.82 Å². The standard InChI is InChI=1S/C27H36FN3O5S/c1-4-25(27(33)29-22-8-6-5-7-9-22)30(18-20-10-12-21(28)13-11-20)26(32)19-31(37(3,34)35)23-14-16-24(36-2)17-15-23/h10-17,22,25H,4-9,18-19H2,1-3H3,(H,29,33)/t25-/m0/s1. The molecule has 1 aliphatic carbocycles. The molecule has 1 N–H and O–H groups in total. The van der Waals surface area contributed by atoms with Crippen molar-refractivity contribution in [3.63, 3.8) is 0 Å². The van der Waals surface area contributed by atoms with Gasteiger partial charge in [-0.25, -0.2) is 12.8 Å². The van der Waals surface area contributed by atoms with Crippen molar-refractivity contribution in [3.8, 4) is 5.75 Å². The topological polar surface area (TPSA) is 96.0 Å².